The molecule has 6 heteroatoms. The van der Waals surface area contributed by atoms with Crippen LogP contribution in [0, 0.1) is 6.92 Å². The zero-order valence-corrected chi connectivity index (χ0v) is 12.6. The number of nitrogens with one attached hydrogen (secondary N) is 1. The first-order valence-electron chi connectivity index (χ1n) is 6.11. The van der Waals surface area contributed by atoms with E-state index in [9.17, 15) is 15.0 Å². The molecule has 0 spiro atoms. The summed E-state index contributed by atoms with van der Waals surface area (Å²) in [6.07, 6.45) is -1.44. The van der Waals surface area contributed by atoms with Gasteiger partial charge < -0.3 is 15.5 Å². The average Bonchev–Trinajstić information content (AvgIpc) is 2.41. The molecule has 2 rings (SSSR count). The summed E-state index contributed by atoms with van der Waals surface area (Å²) in [7, 11) is 0. The second-order valence-corrected chi connectivity index (χ2v) is 5.49. The number of aliphatic hydroxyl groups excluding tert-OH is 1. The van der Waals surface area contributed by atoms with Gasteiger partial charge in [-0.1, -0.05) is 29.3 Å². The van der Waals surface area contributed by atoms with Crippen LogP contribution in [-0.4, -0.2) is 16.1 Å². The third-order valence-electron chi connectivity index (χ3n) is 2.86. The number of benzene rings is 2. The maximum absolute atomic E-state index is 12.0. The number of aliphatic hydroxyl groups is 1. The van der Waals surface area contributed by atoms with Gasteiger partial charge in [-0.2, -0.15) is 0 Å². The zero-order chi connectivity index (χ0) is 15.6. The van der Waals surface area contributed by atoms with E-state index in [-0.39, 0.29) is 17.0 Å². The molecule has 3 N–H and O–H groups in total. The van der Waals surface area contributed by atoms with Crippen molar-refractivity contribution in [3.05, 3.63) is 57.6 Å². The Morgan fingerprint density at radius 3 is 2.38 bits per heavy atom. The lowest BCUT2D eigenvalue weighted by Gasteiger charge is -2.13. The number of aromatic hydroxyl groups is 1. The maximum atomic E-state index is 12.0. The molecular formula is C15H13Cl2NO3. The van der Waals surface area contributed by atoms with Gasteiger partial charge in [0, 0.05) is 10.0 Å². The number of carbonyl (C=O) groups is 1. The van der Waals surface area contributed by atoms with E-state index >= 15 is 0 Å². The standard InChI is InChI=1S/C15H13Cl2NO3/c1-8-2-3-13(19)12(4-8)18-15(21)14(20)9-5-10(16)7-11(17)6-9/h2-7,14,19-20H,1H3,(H,18,21). The SMILES string of the molecule is Cc1ccc(O)c(NC(=O)C(O)c2cc(Cl)cc(Cl)c2)c1. The Morgan fingerprint density at radius 1 is 1.14 bits per heavy atom. The minimum atomic E-state index is -1.44. The molecule has 0 radical (unpaired) electrons. The van der Waals surface area contributed by atoms with Gasteiger partial charge in [-0.05, 0) is 48.4 Å². The molecular weight excluding hydrogens is 313 g/mol. The molecule has 0 bridgehead atoms. The van der Waals surface area contributed by atoms with Crippen LogP contribution in [0.5, 0.6) is 5.75 Å². The van der Waals surface area contributed by atoms with E-state index in [1.807, 2.05) is 6.92 Å². The monoisotopic (exact) mass is 325 g/mol. The Bertz CT molecular complexity index is 668. The Hall–Kier alpha value is -1.75. The topological polar surface area (TPSA) is 69.6 Å². The number of hydrogen-bond donors (Lipinski definition) is 3. The molecule has 1 amide bonds. The zero-order valence-electron chi connectivity index (χ0n) is 11.1. The number of phenolic OH excluding ortho intramolecular Hbond substituents is 1. The van der Waals surface area contributed by atoms with Gasteiger partial charge in [0.05, 0.1) is 5.69 Å². The fourth-order valence-corrected chi connectivity index (χ4v) is 2.38. The second-order valence-electron chi connectivity index (χ2n) is 4.62. The highest BCUT2D eigenvalue weighted by molar-refractivity contribution is 6.34. The Balaban J connectivity index is 2.21. The number of anilines is 1. The van der Waals surface area contributed by atoms with Crippen LogP contribution >= 0.6 is 23.2 Å². The predicted molar refractivity (Wildman–Crippen MR) is 82.9 cm³/mol. The molecule has 110 valence electrons. The minimum absolute atomic E-state index is 0.0784. The summed E-state index contributed by atoms with van der Waals surface area (Å²) in [5, 5.41) is 22.8. The number of carbonyl (C=O) groups excluding carboxylic acids is 1. The molecule has 1 unspecified atom stereocenters. The summed E-state index contributed by atoms with van der Waals surface area (Å²) in [5.41, 5.74) is 1.37. The summed E-state index contributed by atoms with van der Waals surface area (Å²) in [6, 6.07) is 9.18. The van der Waals surface area contributed by atoms with Crippen LogP contribution in [0.25, 0.3) is 0 Å². The van der Waals surface area contributed by atoms with E-state index in [1.54, 1.807) is 12.1 Å². The third kappa shape index (κ3) is 3.88. The van der Waals surface area contributed by atoms with E-state index in [1.165, 1.54) is 24.3 Å². The number of phenols is 1. The van der Waals surface area contributed by atoms with Gasteiger partial charge in [-0.15, -0.1) is 0 Å². The van der Waals surface area contributed by atoms with Crippen LogP contribution in [0.4, 0.5) is 5.69 Å². The van der Waals surface area contributed by atoms with Gasteiger partial charge in [-0.3, -0.25) is 4.79 Å². The lowest BCUT2D eigenvalue weighted by atomic mass is 10.1. The lowest BCUT2D eigenvalue weighted by molar-refractivity contribution is -0.124. The highest BCUT2D eigenvalue weighted by atomic mass is 35.5. The van der Waals surface area contributed by atoms with Crippen molar-refractivity contribution in [1.82, 2.24) is 0 Å². The largest absolute Gasteiger partial charge is 0.506 e. The fraction of sp³-hybridized carbons (Fsp3) is 0.133. The van der Waals surface area contributed by atoms with Crippen molar-refractivity contribution in [2.45, 2.75) is 13.0 Å². The average molecular weight is 326 g/mol. The van der Waals surface area contributed by atoms with Crippen LogP contribution in [0.15, 0.2) is 36.4 Å². The van der Waals surface area contributed by atoms with Gasteiger partial charge in [-0.25, -0.2) is 0 Å². The van der Waals surface area contributed by atoms with Gasteiger partial charge in [0.25, 0.3) is 5.91 Å². The highest BCUT2D eigenvalue weighted by Gasteiger charge is 2.19. The number of rotatable bonds is 3. The number of amides is 1. The molecule has 0 saturated heterocycles. The first-order valence-corrected chi connectivity index (χ1v) is 6.87. The van der Waals surface area contributed by atoms with E-state index in [2.05, 4.69) is 5.32 Å². The van der Waals surface area contributed by atoms with Crippen molar-refractivity contribution in [2.75, 3.05) is 5.32 Å². The van der Waals surface area contributed by atoms with Crippen molar-refractivity contribution in [3.8, 4) is 5.75 Å². The first kappa shape index (κ1) is 15.6. The first-order chi connectivity index (χ1) is 9.86. The smallest absolute Gasteiger partial charge is 0.257 e. The summed E-state index contributed by atoms with van der Waals surface area (Å²) in [5.74, 6) is -0.764. The molecule has 2 aromatic carbocycles. The number of halogens is 2. The van der Waals surface area contributed by atoms with Crippen LogP contribution in [0.1, 0.15) is 17.2 Å². The maximum Gasteiger partial charge on any atom is 0.257 e. The summed E-state index contributed by atoms with van der Waals surface area (Å²) in [6.45, 7) is 1.82. The van der Waals surface area contributed by atoms with Crippen LogP contribution in [0.3, 0.4) is 0 Å². The molecule has 0 aliphatic rings. The van der Waals surface area contributed by atoms with E-state index < -0.39 is 12.0 Å². The normalized spacial score (nSPS) is 12.0. The van der Waals surface area contributed by atoms with Crippen LogP contribution in [-0.2, 0) is 4.79 Å². The molecule has 0 aliphatic heterocycles. The fourth-order valence-electron chi connectivity index (χ4n) is 1.84. The number of aryl methyl sites for hydroxylation is 1. The van der Waals surface area contributed by atoms with Crippen LogP contribution < -0.4 is 5.32 Å². The molecule has 0 heterocycles. The molecule has 0 fully saturated rings. The summed E-state index contributed by atoms with van der Waals surface area (Å²) >= 11 is 11.7. The Labute approximate surface area is 131 Å². The molecule has 1 atom stereocenters. The van der Waals surface area contributed by atoms with E-state index in [0.29, 0.717) is 10.0 Å². The molecule has 0 aromatic heterocycles. The molecule has 0 aliphatic carbocycles. The predicted octanol–water partition coefficient (Wildman–Crippen LogP) is 3.68. The highest BCUT2D eigenvalue weighted by Crippen LogP contribution is 2.27. The Morgan fingerprint density at radius 2 is 1.76 bits per heavy atom. The quantitative estimate of drug-likeness (QED) is 0.754. The van der Waals surface area contributed by atoms with Gasteiger partial charge in [0.15, 0.2) is 6.10 Å². The lowest BCUT2D eigenvalue weighted by Crippen LogP contribution is -2.21. The molecule has 4 nitrogen and oxygen atoms in total. The third-order valence-corrected chi connectivity index (χ3v) is 3.30. The van der Waals surface area contributed by atoms with Crippen molar-refractivity contribution in [3.63, 3.8) is 0 Å². The Kier molecular flexibility index (Phi) is 4.73. The minimum Gasteiger partial charge on any atom is -0.506 e. The van der Waals surface area contributed by atoms with Gasteiger partial charge in [0.2, 0.25) is 0 Å². The number of hydrogen-bond acceptors (Lipinski definition) is 3. The molecule has 2 aromatic rings. The van der Waals surface area contributed by atoms with Crippen LogP contribution in [0.2, 0.25) is 10.0 Å². The van der Waals surface area contributed by atoms with Crippen molar-refractivity contribution >= 4 is 34.8 Å². The van der Waals surface area contributed by atoms with Crippen molar-refractivity contribution < 1.29 is 15.0 Å². The van der Waals surface area contributed by atoms with E-state index in [4.69, 9.17) is 23.2 Å². The molecule has 0 saturated carbocycles. The summed E-state index contributed by atoms with van der Waals surface area (Å²) in [4.78, 5) is 12.0. The van der Waals surface area contributed by atoms with E-state index in [0.717, 1.165) is 5.56 Å². The van der Waals surface area contributed by atoms with Crippen molar-refractivity contribution in [2.24, 2.45) is 0 Å². The second kappa shape index (κ2) is 6.35. The van der Waals surface area contributed by atoms with Gasteiger partial charge >= 0.3 is 0 Å². The van der Waals surface area contributed by atoms with Gasteiger partial charge in [0.1, 0.15) is 5.75 Å². The molecule has 21 heavy (non-hydrogen) atoms. The van der Waals surface area contributed by atoms with Crippen molar-refractivity contribution in [1.29, 1.82) is 0 Å². The summed E-state index contributed by atoms with van der Waals surface area (Å²) < 4.78 is 0.